The van der Waals surface area contributed by atoms with Crippen molar-refractivity contribution in [1.29, 1.82) is 0 Å². The molecule has 2 fully saturated rings. The molecular weight excluding hydrogens is 769 g/mol. The van der Waals surface area contributed by atoms with Gasteiger partial charge in [-0.05, 0) is 61.0 Å². The third-order valence-corrected chi connectivity index (χ3v) is 11.8. The van der Waals surface area contributed by atoms with E-state index in [2.05, 4.69) is 61.8 Å². The summed E-state index contributed by atoms with van der Waals surface area (Å²) in [7, 11) is 3.86. The molecule has 15 nitrogen and oxygen atoms in total. The van der Waals surface area contributed by atoms with Gasteiger partial charge in [-0.2, -0.15) is 10.2 Å². The number of nitrogens with zero attached hydrogens (tertiary/aromatic N) is 13. The molecule has 9 rings (SSSR count). The highest BCUT2D eigenvalue weighted by molar-refractivity contribution is 5.85. The first-order valence-corrected chi connectivity index (χ1v) is 19.9. The van der Waals surface area contributed by atoms with Crippen LogP contribution < -0.4 is 14.7 Å². The first kappa shape index (κ1) is 39.1. The number of hydrogen-bond donors (Lipinski definition) is 2. The molecule has 7 aromatic rings. The Kier molecular flexibility index (Phi) is 10.4. The quantitative estimate of drug-likeness (QED) is 0.204. The summed E-state index contributed by atoms with van der Waals surface area (Å²) < 4.78 is 32.8. The molecule has 17 heteroatoms. The molecule has 2 unspecified atom stereocenters. The van der Waals surface area contributed by atoms with Crippen LogP contribution in [0.25, 0.3) is 27.9 Å². The lowest BCUT2D eigenvalue weighted by molar-refractivity contribution is 0.101. The predicted octanol–water partition coefficient (Wildman–Crippen LogP) is 4.11. The van der Waals surface area contributed by atoms with Crippen molar-refractivity contribution in [2.24, 2.45) is 7.05 Å². The topological polar surface area (TPSA) is 153 Å². The van der Waals surface area contributed by atoms with Crippen molar-refractivity contribution >= 4 is 23.2 Å². The molecule has 7 heterocycles. The van der Waals surface area contributed by atoms with Gasteiger partial charge in [-0.25, -0.2) is 38.2 Å². The van der Waals surface area contributed by atoms with Crippen LogP contribution in [0.15, 0.2) is 92.0 Å². The van der Waals surface area contributed by atoms with E-state index >= 15 is 4.39 Å². The Morgan fingerprint density at radius 2 is 1.32 bits per heavy atom. The summed E-state index contributed by atoms with van der Waals surface area (Å²) in [6.07, 6.45) is 11.8. The summed E-state index contributed by atoms with van der Waals surface area (Å²) in [5.41, 5.74) is 4.08. The van der Waals surface area contributed by atoms with Crippen LogP contribution in [0, 0.1) is 11.6 Å². The number of aryl methyl sites for hydroxylation is 1. The molecule has 2 aliphatic heterocycles. The van der Waals surface area contributed by atoms with E-state index in [0.717, 1.165) is 54.2 Å². The number of aromatic nitrogens is 9. The molecule has 2 aliphatic rings. The number of benzene rings is 2. The number of aliphatic hydroxyl groups is 2. The summed E-state index contributed by atoms with van der Waals surface area (Å²) in [4.78, 5) is 31.8. The standard InChI is InChI=1S/C43H45F2N13O2/c1-43(60,32-22-48-42(49-23-32)56-12-10-53(2)11-13-56)31-6-9-37(45)34(19-31)39-35(24-51-54(39)3)29-18-38-40(50-27-52-58(38)25-29)55-14-16-57(17-15-55)41-46-20-30(21-47-41)36(26-59)28-4-7-33(44)8-5-28/h4-9,18-25,27,36,59-60H,10-17,26H2,1-3H3. The van der Waals surface area contributed by atoms with Crippen LogP contribution in [-0.4, -0.2) is 125 Å². The number of aliphatic hydroxyl groups excluding tert-OH is 1. The summed E-state index contributed by atoms with van der Waals surface area (Å²) in [5.74, 6) is 0.813. The van der Waals surface area contributed by atoms with Gasteiger partial charge in [0.15, 0.2) is 5.82 Å². The molecule has 0 spiro atoms. The maximum atomic E-state index is 15.9. The Balaban J connectivity index is 0.932. The van der Waals surface area contributed by atoms with Crippen molar-refractivity contribution in [1.82, 2.24) is 49.2 Å². The van der Waals surface area contributed by atoms with Crippen molar-refractivity contribution in [3.63, 3.8) is 0 Å². The van der Waals surface area contributed by atoms with Gasteiger partial charge in [0.25, 0.3) is 0 Å². The first-order valence-electron chi connectivity index (χ1n) is 19.9. The van der Waals surface area contributed by atoms with Crippen LogP contribution in [0.2, 0.25) is 0 Å². The number of likely N-dealkylation sites (N-methyl/N-ethyl adjacent to an activating group) is 1. The number of rotatable bonds is 10. The van der Waals surface area contributed by atoms with Crippen LogP contribution in [0.3, 0.4) is 0 Å². The second-order valence-corrected chi connectivity index (χ2v) is 15.6. The molecule has 5 aromatic heterocycles. The van der Waals surface area contributed by atoms with Gasteiger partial charge in [-0.1, -0.05) is 18.2 Å². The number of piperazine rings is 2. The highest BCUT2D eigenvalue weighted by Crippen LogP contribution is 2.38. The van der Waals surface area contributed by atoms with Gasteiger partial charge in [-0.3, -0.25) is 4.68 Å². The molecule has 60 heavy (non-hydrogen) atoms. The second kappa shape index (κ2) is 16.0. The zero-order valence-electron chi connectivity index (χ0n) is 33.6. The largest absolute Gasteiger partial charge is 0.395 e. The number of hydrogen-bond acceptors (Lipinski definition) is 13. The number of anilines is 3. The molecule has 2 atom stereocenters. The van der Waals surface area contributed by atoms with Gasteiger partial charge >= 0.3 is 0 Å². The lowest BCUT2D eigenvalue weighted by atomic mass is 9.88. The maximum absolute atomic E-state index is 15.9. The normalized spacial score (nSPS) is 16.7. The van der Waals surface area contributed by atoms with E-state index in [1.165, 1.54) is 24.5 Å². The highest BCUT2D eigenvalue weighted by Gasteiger charge is 2.30. The predicted molar refractivity (Wildman–Crippen MR) is 223 cm³/mol. The van der Waals surface area contributed by atoms with Crippen LogP contribution in [0.5, 0.6) is 0 Å². The van der Waals surface area contributed by atoms with E-state index in [1.807, 2.05) is 12.3 Å². The molecule has 2 N–H and O–H groups in total. The molecule has 0 amide bonds. The van der Waals surface area contributed by atoms with Crippen LogP contribution in [0.1, 0.15) is 35.1 Å². The average Bonchev–Trinajstić information content (AvgIpc) is 3.89. The van der Waals surface area contributed by atoms with E-state index < -0.39 is 11.4 Å². The number of fused-ring (bicyclic) bond motifs is 1. The zero-order chi connectivity index (χ0) is 41.5. The fourth-order valence-corrected chi connectivity index (χ4v) is 8.09. The molecule has 0 saturated carbocycles. The first-order chi connectivity index (χ1) is 29.1. The van der Waals surface area contributed by atoms with E-state index in [-0.39, 0.29) is 23.9 Å². The minimum atomic E-state index is -1.51. The average molecular weight is 814 g/mol. The lowest BCUT2D eigenvalue weighted by Gasteiger charge is -2.35. The van der Waals surface area contributed by atoms with Crippen molar-refractivity contribution < 1.29 is 19.0 Å². The third-order valence-electron chi connectivity index (χ3n) is 11.8. The zero-order valence-corrected chi connectivity index (χ0v) is 33.6. The minimum Gasteiger partial charge on any atom is -0.395 e. The Hall–Kier alpha value is -6.43. The van der Waals surface area contributed by atoms with Gasteiger partial charge in [0.05, 0.1) is 18.5 Å². The fraction of sp³-hybridized carbons (Fsp3) is 0.326. The van der Waals surface area contributed by atoms with Gasteiger partial charge in [0, 0.05) is 119 Å². The summed E-state index contributed by atoms with van der Waals surface area (Å²) in [6, 6.07) is 12.7. The van der Waals surface area contributed by atoms with Crippen molar-refractivity contribution in [3.05, 3.63) is 126 Å². The SMILES string of the molecule is CN1CCN(c2ncc(C(C)(O)c3ccc(F)c(-c4c(-c5cc6c(N7CCN(c8ncc(C(CO)c9ccc(F)cc9)cn8)CC7)ncnn6c5)cnn4C)c3)cn2)CC1. The number of halogens is 2. The van der Waals surface area contributed by atoms with E-state index in [1.54, 1.807) is 78.4 Å². The van der Waals surface area contributed by atoms with E-state index in [9.17, 15) is 14.6 Å². The molecular formula is C43H45F2N13O2. The Bertz CT molecular complexity index is 2600. The summed E-state index contributed by atoms with van der Waals surface area (Å²) in [5, 5.41) is 31.0. The monoisotopic (exact) mass is 813 g/mol. The van der Waals surface area contributed by atoms with Gasteiger partial charge in [0.2, 0.25) is 11.9 Å². The minimum absolute atomic E-state index is 0.152. The van der Waals surface area contributed by atoms with Crippen LogP contribution in [0.4, 0.5) is 26.5 Å². The van der Waals surface area contributed by atoms with Crippen molar-refractivity contribution in [2.45, 2.75) is 18.4 Å². The molecule has 308 valence electrons. The van der Waals surface area contributed by atoms with E-state index in [4.69, 9.17) is 0 Å². The highest BCUT2D eigenvalue weighted by atomic mass is 19.1. The molecule has 2 saturated heterocycles. The second-order valence-electron chi connectivity index (χ2n) is 15.6. The Morgan fingerprint density at radius 1 is 0.683 bits per heavy atom. The maximum Gasteiger partial charge on any atom is 0.225 e. The van der Waals surface area contributed by atoms with E-state index in [0.29, 0.717) is 60.5 Å². The van der Waals surface area contributed by atoms with Gasteiger partial charge in [0.1, 0.15) is 29.1 Å². The smallest absolute Gasteiger partial charge is 0.225 e. The van der Waals surface area contributed by atoms with Crippen molar-refractivity contribution in [3.8, 4) is 22.4 Å². The molecule has 0 radical (unpaired) electrons. The molecule has 2 aromatic carbocycles. The van der Waals surface area contributed by atoms with Crippen LogP contribution in [-0.2, 0) is 12.6 Å². The molecule has 0 aliphatic carbocycles. The van der Waals surface area contributed by atoms with Gasteiger partial charge < -0.3 is 29.8 Å². The third kappa shape index (κ3) is 7.39. The Morgan fingerprint density at radius 3 is 1.98 bits per heavy atom. The lowest BCUT2D eigenvalue weighted by Crippen LogP contribution is -2.47. The van der Waals surface area contributed by atoms with Crippen LogP contribution >= 0.6 is 0 Å². The Labute approximate surface area is 345 Å². The summed E-state index contributed by atoms with van der Waals surface area (Å²) >= 11 is 0. The summed E-state index contributed by atoms with van der Waals surface area (Å²) in [6.45, 7) is 7.58. The van der Waals surface area contributed by atoms with Gasteiger partial charge in [-0.15, -0.1) is 0 Å². The van der Waals surface area contributed by atoms with Crippen molar-refractivity contribution in [2.75, 3.05) is 80.7 Å². The fourth-order valence-electron chi connectivity index (χ4n) is 8.09. The molecule has 0 bridgehead atoms.